The number of hydrogen-bond donors (Lipinski definition) is 0. The van der Waals surface area contributed by atoms with Crippen molar-refractivity contribution in [1.82, 2.24) is 4.57 Å². The first-order valence-corrected chi connectivity index (χ1v) is 6.68. The first-order valence-electron chi connectivity index (χ1n) is 6.68. The maximum Gasteiger partial charge on any atom is 0.269 e. The number of benzene rings is 2. The van der Waals surface area contributed by atoms with Crippen LogP contribution in [0.2, 0.25) is 0 Å². The van der Waals surface area contributed by atoms with Gasteiger partial charge in [-0.15, -0.1) is 0 Å². The predicted octanol–water partition coefficient (Wildman–Crippen LogP) is 4.11. The minimum atomic E-state index is -0.382. The molecule has 0 aliphatic carbocycles. The smallest absolute Gasteiger partial charge is 0.269 e. The molecular weight excluding hydrogens is 264 g/mol. The van der Waals surface area contributed by atoms with Crippen LogP contribution in [0.4, 0.5) is 5.69 Å². The summed E-state index contributed by atoms with van der Waals surface area (Å²) in [7, 11) is 0. The third kappa shape index (κ3) is 2.84. The second kappa shape index (κ2) is 5.63. The third-order valence-corrected chi connectivity index (χ3v) is 3.40. The van der Waals surface area contributed by atoms with Crippen LogP contribution in [0, 0.1) is 10.1 Å². The second-order valence-electron chi connectivity index (χ2n) is 4.81. The number of nitro benzene ring substituents is 1. The van der Waals surface area contributed by atoms with E-state index in [0.29, 0.717) is 0 Å². The van der Waals surface area contributed by atoms with Gasteiger partial charge in [0.15, 0.2) is 0 Å². The number of nitrogens with zero attached hydrogens (tertiary/aromatic N) is 2. The number of hydrogen-bond acceptors (Lipinski definition) is 2. The summed E-state index contributed by atoms with van der Waals surface area (Å²) in [5, 5.41) is 10.7. The van der Waals surface area contributed by atoms with Crippen LogP contribution < -0.4 is 0 Å². The Balaban J connectivity index is 1.90. The molecule has 0 unspecified atom stereocenters. The van der Waals surface area contributed by atoms with Gasteiger partial charge in [-0.25, -0.2) is 0 Å². The molecule has 1 aromatic heterocycles. The molecule has 104 valence electrons. The molecule has 0 atom stereocenters. The van der Waals surface area contributed by atoms with Crippen LogP contribution in [0.5, 0.6) is 0 Å². The number of rotatable bonds is 4. The van der Waals surface area contributed by atoms with Crippen molar-refractivity contribution in [2.75, 3.05) is 0 Å². The molecule has 0 amide bonds. The van der Waals surface area contributed by atoms with Crippen LogP contribution in [0.25, 0.3) is 11.3 Å². The summed E-state index contributed by atoms with van der Waals surface area (Å²) >= 11 is 0. The Morgan fingerprint density at radius 2 is 1.62 bits per heavy atom. The minimum Gasteiger partial charge on any atom is -0.343 e. The zero-order chi connectivity index (χ0) is 14.7. The van der Waals surface area contributed by atoms with Crippen molar-refractivity contribution < 1.29 is 4.92 Å². The van der Waals surface area contributed by atoms with Gasteiger partial charge in [-0.2, -0.15) is 0 Å². The van der Waals surface area contributed by atoms with E-state index in [2.05, 4.69) is 16.7 Å². The van der Waals surface area contributed by atoms with Crippen LogP contribution in [0.1, 0.15) is 5.56 Å². The number of aromatic nitrogens is 1. The van der Waals surface area contributed by atoms with Crippen LogP contribution in [0.3, 0.4) is 0 Å². The molecule has 3 rings (SSSR count). The average Bonchev–Trinajstić information content (AvgIpc) is 2.96. The van der Waals surface area contributed by atoms with Crippen molar-refractivity contribution in [2.24, 2.45) is 0 Å². The molecule has 1 heterocycles. The molecule has 4 nitrogen and oxygen atoms in total. The van der Waals surface area contributed by atoms with Crippen molar-refractivity contribution in [3.63, 3.8) is 0 Å². The Labute approximate surface area is 122 Å². The Morgan fingerprint density at radius 3 is 2.29 bits per heavy atom. The van der Waals surface area contributed by atoms with Crippen molar-refractivity contribution in [3.8, 4) is 11.3 Å². The predicted molar refractivity (Wildman–Crippen MR) is 82.1 cm³/mol. The van der Waals surface area contributed by atoms with Gasteiger partial charge in [-0.05, 0) is 35.4 Å². The summed E-state index contributed by atoms with van der Waals surface area (Å²) < 4.78 is 2.14. The summed E-state index contributed by atoms with van der Waals surface area (Å²) in [5.41, 5.74) is 3.35. The molecule has 2 aromatic carbocycles. The maximum absolute atomic E-state index is 10.7. The quantitative estimate of drug-likeness (QED) is 0.532. The van der Waals surface area contributed by atoms with Gasteiger partial charge in [-0.1, -0.05) is 30.3 Å². The largest absolute Gasteiger partial charge is 0.343 e. The summed E-state index contributed by atoms with van der Waals surface area (Å²) in [5.74, 6) is 0. The highest BCUT2D eigenvalue weighted by Crippen LogP contribution is 2.23. The van der Waals surface area contributed by atoms with Gasteiger partial charge in [0.1, 0.15) is 0 Å². The van der Waals surface area contributed by atoms with Crippen LogP contribution in [-0.4, -0.2) is 9.49 Å². The normalized spacial score (nSPS) is 10.5. The van der Waals surface area contributed by atoms with Gasteiger partial charge in [0.25, 0.3) is 5.69 Å². The fourth-order valence-electron chi connectivity index (χ4n) is 2.35. The Morgan fingerprint density at radius 1 is 0.905 bits per heavy atom. The second-order valence-corrected chi connectivity index (χ2v) is 4.81. The van der Waals surface area contributed by atoms with Gasteiger partial charge < -0.3 is 4.57 Å². The monoisotopic (exact) mass is 278 g/mol. The Hall–Kier alpha value is -2.88. The minimum absolute atomic E-state index is 0.111. The van der Waals surface area contributed by atoms with Gasteiger partial charge in [0, 0.05) is 30.6 Å². The van der Waals surface area contributed by atoms with Gasteiger partial charge in [-0.3, -0.25) is 10.1 Å². The molecule has 0 N–H and O–H groups in total. The highest BCUT2D eigenvalue weighted by atomic mass is 16.6. The SMILES string of the molecule is O=[N+]([O-])c1ccc(-c2cccn2Cc2ccccc2)cc1. The lowest BCUT2D eigenvalue weighted by Gasteiger charge is -2.09. The molecule has 0 aliphatic rings. The molecule has 0 spiro atoms. The molecule has 0 fully saturated rings. The van der Waals surface area contributed by atoms with Gasteiger partial charge in [0.05, 0.1) is 4.92 Å². The fourth-order valence-corrected chi connectivity index (χ4v) is 2.35. The fraction of sp³-hybridized carbons (Fsp3) is 0.0588. The molecule has 0 saturated heterocycles. The zero-order valence-electron chi connectivity index (χ0n) is 11.3. The summed E-state index contributed by atoms with van der Waals surface area (Å²) in [6.07, 6.45) is 2.02. The van der Waals surface area contributed by atoms with E-state index in [1.807, 2.05) is 36.5 Å². The van der Waals surface area contributed by atoms with Crippen LogP contribution in [-0.2, 0) is 6.54 Å². The van der Waals surface area contributed by atoms with Crippen molar-refractivity contribution >= 4 is 5.69 Å². The van der Waals surface area contributed by atoms with E-state index < -0.39 is 0 Å². The molecule has 3 aromatic rings. The highest BCUT2D eigenvalue weighted by molar-refractivity contribution is 5.62. The summed E-state index contributed by atoms with van der Waals surface area (Å²) in [6, 6.07) is 20.8. The zero-order valence-corrected chi connectivity index (χ0v) is 11.3. The Kier molecular flexibility index (Phi) is 3.51. The summed E-state index contributed by atoms with van der Waals surface area (Å²) in [4.78, 5) is 10.3. The van der Waals surface area contributed by atoms with E-state index in [9.17, 15) is 10.1 Å². The van der Waals surface area contributed by atoms with Gasteiger partial charge >= 0.3 is 0 Å². The van der Waals surface area contributed by atoms with Crippen LogP contribution >= 0.6 is 0 Å². The third-order valence-electron chi connectivity index (χ3n) is 3.40. The van der Waals surface area contributed by atoms with Crippen LogP contribution in [0.15, 0.2) is 72.9 Å². The Bertz CT molecular complexity index is 746. The number of non-ortho nitro benzene ring substituents is 1. The average molecular weight is 278 g/mol. The highest BCUT2D eigenvalue weighted by Gasteiger charge is 2.08. The topological polar surface area (TPSA) is 48.1 Å². The lowest BCUT2D eigenvalue weighted by molar-refractivity contribution is -0.384. The molecule has 0 radical (unpaired) electrons. The van der Waals surface area contributed by atoms with E-state index in [-0.39, 0.29) is 10.6 Å². The van der Waals surface area contributed by atoms with Crippen molar-refractivity contribution in [3.05, 3.63) is 88.6 Å². The van der Waals surface area contributed by atoms with Crippen molar-refractivity contribution in [2.45, 2.75) is 6.54 Å². The standard InChI is InChI=1S/C17H14N2O2/c20-19(21)16-10-8-15(9-11-16)17-7-4-12-18(17)13-14-5-2-1-3-6-14/h1-12H,13H2. The van der Waals surface area contributed by atoms with Gasteiger partial charge in [0.2, 0.25) is 0 Å². The molecule has 21 heavy (non-hydrogen) atoms. The maximum atomic E-state index is 10.7. The van der Waals surface area contributed by atoms with E-state index in [4.69, 9.17) is 0 Å². The summed E-state index contributed by atoms with van der Waals surface area (Å²) in [6.45, 7) is 0.778. The lowest BCUT2D eigenvalue weighted by Crippen LogP contribution is -2.00. The lowest BCUT2D eigenvalue weighted by atomic mass is 10.1. The first-order chi connectivity index (χ1) is 10.2. The first kappa shape index (κ1) is 13.1. The van der Waals surface area contributed by atoms with E-state index >= 15 is 0 Å². The molecule has 0 aliphatic heterocycles. The van der Waals surface area contributed by atoms with E-state index in [0.717, 1.165) is 17.8 Å². The van der Waals surface area contributed by atoms with E-state index in [1.165, 1.54) is 17.7 Å². The molecule has 0 bridgehead atoms. The molecular formula is C17H14N2O2. The molecule has 0 saturated carbocycles. The molecule has 4 heteroatoms. The number of nitro groups is 1. The van der Waals surface area contributed by atoms with E-state index in [1.54, 1.807) is 12.1 Å². The van der Waals surface area contributed by atoms with Crippen molar-refractivity contribution in [1.29, 1.82) is 0 Å².